The molecule has 3 aromatic rings. The quantitative estimate of drug-likeness (QED) is 0.472. The number of hydrogen-bond acceptors (Lipinski definition) is 8. The number of aliphatic hydroxyl groups is 1. The van der Waals surface area contributed by atoms with Crippen molar-refractivity contribution in [2.24, 2.45) is 0 Å². The van der Waals surface area contributed by atoms with Crippen molar-refractivity contribution in [3.8, 4) is 5.75 Å². The van der Waals surface area contributed by atoms with Crippen LogP contribution in [0.25, 0.3) is 10.9 Å². The predicted octanol–water partition coefficient (Wildman–Crippen LogP) is 3.44. The van der Waals surface area contributed by atoms with Gasteiger partial charge in [-0.25, -0.2) is 4.98 Å². The van der Waals surface area contributed by atoms with E-state index in [9.17, 15) is 9.90 Å². The molecule has 3 atom stereocenters. The minimum Gasteiger partial charge on any atom is -0.495 e. The first kappa shape index (κ1) is 23.0. The number of ether oxygens (including phenoxy) is 2. The van der Waals surface area contributed by atoms with Gasteiger partial charge in [0.25, 0.3) is 0 Å². The van der Waals surface area contributed by atoms with Crippen LogP contribution >= 0.6 is 11.8 Å². The molecule has 0 radical (unpaired) electrons. The van der Waals surface area contributed by atoms with Gasteiger partial charge >= 0.3 is 0 Å². The molecule has 9 heteroatoms. The molecule has 0 spiro atoms. The Kier molecular flexibility index (Phi) is 6.96. The summed E-state index contributed by atoms with van der Waals surface area (Å²) in [7, 11) is 1.61. The van der Waals surface area contributed by atoms with Crippen molar-refractivity contribution >= 4 is 34.4 Å². The SMILES string of the molecule is COc1cnc2cccc([C@H](O)C[C@@H]3CC[C@@H](NCc4ccc5c(n4)NC(=O)CS5)CO3)c2c1. The number of aliphatic hydroxyl groups excluding tert-OH is 1. The van der Waals surface area contributed by atoms with Gasteiger partial charge in [-0.1, -0.05) is 12.1 Å². The second-order valence-corrected chi connectivity index (χ2v) is 9.65. The number of anilines is 1. The lowest BCUT2D eigenvalue weighted by Crippen LogP contribution is -2.40. The Morgan fingerprint density at radius 1 is 1.32 bits per heavy atom. The van der Waals surface area contributed by atoms with Gasteiger partial charge in [0.1, 0.15) is 11.6 Å². The number of rotatable bonds is 7. The van der Waals surface area contributed by atoms with E-state index >= 15 is 0 Å². The Labute approximate surface area is 202 Å². The lowest BCUT2D eigenvalue weighted by molar-refractivity contribution is -0.113. The van der Waals surface area contributed by atoms with E-state index in [2.05, 4.69) is 20.6 Å². The summed E-state index contributed by atoms with van der Waals surface area (Å²) in [5.41, 5.74) is 2.57. The van der Waals surface area contributed by atoms with Crippen LogP contribution in [-0.4, -0.2) is 52.6 Å². The molecule has 2 aliphatic rings. The van der Waals surface area contributed by atoms with Crippen LogP contribution in [0.1, 0.15) is 36.6 Å². The normalized spacial score (nSPS) is 21.1. The van der Waals surface area contributed by atoms with Crippen molar-refractivity contribution in [2.75, 3.05) is 24.8 Å². The molecule has 1 saturated heterocycles. The number of nitrogens with one attached hydrogen (secondary N) is 2. The van der Waals surface area contributed by atoms with Crippen molar-refractivity contribution in [1.82, 2.24) is 15.3 Å². The van der Waals surface area contributed by atoms with Gasteiger partial charge in [0, 0.05) is 24.4 Å². The van der Waals surface area contributed by atoms with Crippen molar-refractivity contribution in [3.63, 3.8) is 0 Å². The van der Waals surface area contributed by atoms with Gasteiger partial charge in [0.15, 0.2) is 0 Å². The van der Waals surface area contributed by atoms with E-state index in [1.54, 1.807) is 13.3 Å². The Bertz CT molecular complexity index is 1180. The van der Waals surface area contributed by atoms with Crippen LogP contribution in [0.3, 0.4) is 0 Å². The molecule has 0 unspecified atom stereocenters. The number of carbonyl (C=O) groups is 1. The molecule has 1 fully saturated rings. The number of aromatic nitrogens is 2. The Balaban J connectivity index is 1.14. The molecule has 1 aromatic carbocycles. The third kappa shape index (κ3) is 5.17. The summed E-state index contributed by atoms with van der Waals surface area (Å²) < 4.78 is 11.4. The summed E-state index contributed by atoms with van der Waals surface area (Å²) in [6, 6.07) is 11.9. The van der Waals surface area contributed by atoms with E-state index in [0.717, 1.165) is 39.9 Å². The number of fused-ring (bicyclic) bond motifs is 2. The number of benzene rings is 1. The second kappa shape index (κ2) is 10.3. The van der Waals surface area contributed by atoms with Gasteiger partial charge in [-0.05, 0) is 42.7 Å². The fraction of sp³-hybridized carbons (Fsp3) is 0.400. The minimum absolute atomic E-state index is 0.00372. The van der Waals surface area contributed by atoms with Crippen LogP contribution in [0.5, 0.6) is 5.75 Å². The first-order chi connectivity index (χ1) is 16.6. The predicted molar refractivity (Wildman–Crippen MR) is 131 cm³/mol. The molecule has 178 valence electrons. The standard InChI is InChI=1S/C25H28N4O4S/c1-32-18-9-20-19(3-2-4-21(20)27-12-18)22(30)10-17-7-5-16(13-33-17)26-11-15-6-8-23-25(28-15)29-24(31)14-34-23/h2-4,6,8-9,12,16-17,22,26,30H,5,7,10-11,13-14H2,1H3,(H,28,29,31)/t16-,17+,22-/m1/s1. The maximum atomic E-state index is 11.6. The maximum absolute atomic E-state index is 11.6. The maximum Gasteiger partial charge on any atom is 0.235 e. The molecule has 0 saturated carbocycles. The fourth-order valence-electron chi connectivity index (χ4n) is 4.44. The number of carbonyl (C=O) groups excluding carboxylic acids is 1. The summed E-state index contributed by atoms with van der Waals surface area (Å²) >= 11 is 1.51. The van der Waals surface area contributed by atoms with Gasteiger partial charge in [0.2, 0.25) is 5.91 Å². The van der Waals surface area contributed by atoms with E-state index in [4.69, 9.17) is 9.47 Å². The first-order valence-electron chi connectivity index (χ1n) is 11.5. The fourth-order valence-corrected chi connectivity index (χ4v) is 5.19. The molecular formula is C25H28N4O4S. The number of pyridine rings is 2. The monoisotopic (exact) mass is 480 g/mol. The highest BCUT2D eigenvalue weighted by molar-refractivity contribution is 8.00. The van der Waals surface area contributed by atoms with Gasteiger partial charge in [-0.2, -0.15) is 0 Å². The minimum atomic E-state index is -0.639. The number of thioether (sulfide) groups is 1. The van der Waals surface area contributed by atoms with Crippen LogP contribution in [0.15, 0.2) is 47.5 Å². The van der Waals surface area contributed by atoms with Crippen LogP contribution in [-0.2, 0) is 16.1 Å². The van der Waals surface area contributed by atoms with E-state index in [1.807, 2.05) is 36.4 Å². The van der Waals surface area contributed by atoms with Crippen LogP contribution < -0.4 is 15.4 Å². The Morgan fingerprint density at radius 2 is 2.24 bits per heavy atom. The Morgan fingerprint density at radius 3 is 3.06 bits per heavy atom. The highest BCUT2D eigenvalue weighted by Crippen LogP contribution is 2.32. The van der Waals surface area contributed by atoms with Crippen LogP contribution in [0, 0.1) is 0 Å². The summed E-state index contributed by atoms with van der Waals surface area (Å²) in [4.78, 5) is 21.6. The van der Waals surface area contributed by atoms with Gasteiger partial charge in [-0.15, -0.1) is 11.8 Å². The van der Waals surface area contributed by atoms with Gasteiger partial charge in [-0.3, -0.25) is 9.78 Å². The molecule has 34 heavy (non-hydrogen) atoms. The third-order valence-corrected chi connectivity index (χ3v) is 7.34. The van der Waals surface area contributed by atoms with Gasteiger partial charge < -0.3 is 25.2 Å². The van der Waals surface area contributed by atoms with Gasteiger partial charge in [0.05, 0.1) is 54.0 Å². The number of nitrogens with zero attached hydrogens (tertiary/aromatic N) is 2. The zero-order chi connectivity index (χ0) is 23.5. The van der Waals surface area contributed by atoms with Crippen molar-refractivity contribution in [1.29, 1.82) is 0 Å². The zero-order valence-electron chi connectivity index (χ0n) is 19.0. The van der Waals surface area contributed by atoms with E-state index in [1.165, 1.54) is 11.8 Å². The largest absolute Gasteiger partial charge is 0.495 e. The number of hydrogen-bond donors (Lipinski definition) is 3. The Hall–Kier alpha value is -2.72. The topological polar surface area (TPSA) is 106 Å². The molecule has 1 amide bonds. The van der Waals surface area contributed by atoms with E-state index in [0.29, 0.717) is 36.9 Å². The van der Waals surface area contributed by atoms with E-state index < -0.39 is 6.10 Å². The molecule has 3 N–H and O–H groups in total. The average Bonchev–Trinajstić information content (AvgIpc) is 2.87. The molecule has 2 aromatic heterocycles. The number of amides is 1. The zero-order valence-corrected chi connectivity index (χ0v) is 19.8. The summed E-state index contributed by atoms with van der Waals surface area (Å²) in [6.45, 7) is 1.19. The van der Waals surface area contributed by atoms with Crippen LogP contribution in [0.4, 0.5) is 5.82 Å². The third-order valence-electron chi connectivity index (χ3n) is 6.29. The lowest BCUT2D eigenvalue weighted by atomic mass is 9.95. The summed E-state index contributed by atoms with van der Waals surface area (Å²) in [5, 5.41) is 18.2. The molecular weight excluding hydrogens is 452 g/mol. The molecule has 4 heterocycles. The molecule has 5 rings (SSSR count). The number of methoxy groups -OCH3 is 1. The average molecular weight is 481 g/mol. The highest BCUT2D eigenvalue weighted by atomic mass is 32.2. The lowest BCUT2D eigenvalue weighted by Gasteiger charge is -2.31. The highest BCUT2D eigenvalue weighted by Gasteiger charge is 2.25. The molecule has 0 aliphatic carbocycles. The van der Waals surface area contributed by atoms with Crippen LogP contribution in [0.2, 0.25) is 0 Å². The van der Waals surface area contributed by atoms with E-state index in [-0.39, 0.29) is 18.1 Å². The molecule has 0 bridgehead atoms. The molecule has 2 aliphatic heterocycles. The van der Waals surface area contributed by atoms with Crippen molar-refractivity contribution < 1.29 is 19.4 Å². The summed E-state index contributed by atoms with van der Waals surface area (Å²) in [6.07, 6.45) is 3.40. The smallest absolute Gasteiger partial charge is 0.235 e. The van der Waals surface area contributed by atoms with Crippen molar-refractivity contribution in [2.45, 2.75) is 49.0 Å². The van der Waals surface area contributed by atoms with Crippen molar-refractivity contribution in [3.05, 3.63) is 53.9 Å². The molecule has 8 nitrogen and oxygen atoms in total. The first-order valence-corrected chi connectivity index (χ1v) is 12.5. The summed E-state index contributed by atoms with van der Waals surface area (Å²) in [5.74, 6) is 1.75. The second-order valence-electron chi connectivity index (χ2n) is 8.64.